The second kappa shape index (κ2) is 7.82. The maximum absolute atomic E-state index is 10.7. The molecule has 0 saturated carbocycles. The topological polar surface area (TPSA) is 49.3 Å². The van der Waals surface area contributed by atoms with Gasteiger partial charge >= 0.3 is 0 Å². The van der Waals surface area contributed by atoms with E-state index in [0.29, 0.717) is 26.5 Å². The van der Waals surface area contributed by atoms with Crippen LogP contribution in [0.25, 0.3) is 0 Å². The van der Waals surface area contributed by atoms with Gasteiger partial charge in [0.25, 0.3) is 8.18 Å². The third-order valence-electron chi connectivity index (χ3n) is 2.36. The summed E-state index contributed by atoms with van der Waals surface area (Å²) in [6, 6.07) is 3.34. The van der Waals surface area contributed by atoms with E-state index in [9.17, 15) is 4.57 Å². The number of nitrogens with one attached hydrogen (secondary N) is 1. The first kappa shape index (κ1) is 17.2. The zero-order valence-electron chi connectivity index (χ0n) is 10.3. The molecule has 8 heteroatoms. The Morgan fingerprint density at radius 2 is 1.84 bits per heavy atom. The summed E-state index contributed by atoms with van der Waals surface area (Å²) in [5.41, 5.74) is 1.54. The Hall–Kier alpha value is 0.170. The van der Waals surface area contributed by atoms with E-state index in [1.165, 1.54) is 11.8 Å². The molecule has 1 aromatic carbocycles. The van der Waals surface area contributed by atoms with Gasteiger partial charge in [-0.15, -0.1) is 11.8 Å². The van der Waals surface area contributed by atoms with Gasteiger partial charge in [0, 0.05) is 21.4 Å². The smallest absolute Gasteiger partial charge is 0.279 e. The summed E-state index contributed by atoms with van der Waals surface area (Å²) in [6.45, 7) is 3.61. The summed E-state index contributed by atoms with van der Waals surface area (Å²) in [7, 11) is -2.72. The molecule has 19 heavy (non-hydrogen) atoms. The summed E-state index contributed by atoms with van der Waals surface area (Å²) in [5.74, 6) is 0.604. The normalized spacial score (nSPS) is 14.0. The molecule has 0 aliphatic heterocycles. The van der Waals surface area contributed by atoms with Crippen molar-refractivity contribution in [1.29, 1.82) is 0 Å². The highest BCUT2D eigenvalue weighted by Crippen LogP contribution is 2.33. The molecule has 0 fully saturated rings. The second-order valence-electron chi connectivity index (χ2n) is 3.76. The van der Waals surface area contributed by atoms with Crippen LogP contribution < -0.4 is 5.09 Å². The minimum Gasteiger partial charge on any atom is -0.331 e. The van der Waals surface area contributed by atoms with E-state index < -0.39 is 8.18 Å². The quantitative estimate of drug-likeness (QED) is 0.566. The number of rotatable bonds is 5. The Morgan fingerprint density at radius 1 is 1.26 bits per heavy atom. The lowest BCUT2D eigenvalue weighted by molar-refractivity contribution is 0.495. The van der Waals surface area contributed by atoms with Crippen molar-refractivity contribution in [2.24, 2.45) is 0 Å². The third kappa shape index (κ3) is 5.58. The van der Waals surface area contributed by atoms with Gasteiger partial charge in [-0.25, -0.2) is 0 Å². The highest BCUT2D eigenvalue weighted by atomic mass is 35.5. The fourth-order valence-electron chi connectivity index (χ4n) is 1.22. The number of thioether (sulfide) groups is 1. The summed E-state index contributed by atoms with van der Waals surface area (Å²) in [4.78, 5) is 9.72. The number of allylic oxidation sites excluding steroid dienone is 2. The zero-order valence-corrected chi connectivity index (χ0v) is 14.3. The molecule has 1 atom stereocenters. The molecular weight excluding hydrogens is 348 g/mol. The van der Waals surface area contributed by atoms with Crippen LogP contribution >= 0.6 is 54.7 Å². The van der Waals surface area contributed by atoms with Gasteiger partial charge < -0.3 is 9.98 Å². The van der Waals surface area contributed by atoms with Crippen molar-refractivity contribution in [3.05, 3.63) is 43.4 Å². The molecule has 2 N–H and O–H groups in total. The predicted octanol–water partition coefficient (Wildman–Crippen LogP) is 5.10. The highest BCUT2D eigenvalue weighted by Gasteiger charge is 2.07. The minimum atomic E-state index is -2.72. The average molecular weight is 361 g/mol. The van der Waals surface area contributed by atoms with Gasteiger partial charge in [0.1, 0.15) is 0 Å². The van der Waals surface area contributed by atoms with E-state index in [2.05, 4.69) is 5.09 Å². The standard InChI is InChI=1S/C11H13Cl3NO2PS/c1-6(15-18(16)17)7(2)19-5-8-3-10(13)11(14)4-9(8)12/h3-4,18H,5H2,1-2H3,(H2,15,16,17)/b7-6+. The van der Waals surface area contributed by atoms with E-state index in [4.69, 9.17) is 39.7 Å². The molecule has 0 bridgehead atoms. The van der Waals surface area contributed by atoms with Crippen LogP contribution in [0.1, 0.15) is 19.4 Å². The molecule has 1 aromatic rings. The predicted molar refractivity (Wildman–Crippen MR) is 85.5 cm³/mol. The Labute approximate surface area is 132 Å². The average Bonchev–Trinajstić information content (AvgIpc) is 2.30. The van der Waals surface area contributed by atoms with Crippen molar-refractivity contribution in [1.82, 2.24) is 5.09 Å². The molecule has 0 amide bonds. The minimum absolute atomic E-state index is 0.421. The van der Waals surface area contributed by atoms with Crippen molar-refractivity contribution >= 4 is 54.7 Å². The molecule has 0 saturated heterocycles. The summed E-state index contributed by atoms with van der Waals surface area (Å²) in [5, 5.41) is 3.92. The number of hydrogen-bond donors (Lipinski definition) is 2. The first-order valence-electron chi connectivity index (χ1n) is 5.25. The van der Waals surface area contributed by atoms with E-state index in [1.54, 1.807) is 19.1 Å². The number of hydrogen-bond acceptors (Lipinski definition) is 2. The largest absolute Gasteiger partial charge is 0.331 e. The van der Waals surface area contributed by atoms with E-state index in [0.717, 1.165) is 10.5 Å². The van der Waals surface area contributed by atoms with E-state index in [-0.39, 0.29) is 0 Å². The van der Waals surface area contributed by atoms with Crippen molar-refractivity contribution in [3.8, 4) is 0 Å². The van der Waals surface area contributed by atoms with Gasteiger partial charge in [0.15, 0.2) is 0 Å². The number of benzene rings is 1. The van der Waals surface area contributed by atoms with Crippen molar-refractivity contribution in [2.45, 2.75) is 19.6 Å². The van der Waals surface area contributed by atoms with Gasteiger partial charge in [-0.1, -0.05) is 34.8 Å². The monoisotopic (exact) mass is 359 g/mol. The fraction of sp³-hybridized carbons (Fsp3) is 0.273. The summed E-state index contributed by atoms with van der Waals surface area (Å²) >= 11 is 19.4. The van der Waals surface area contributed by atoms with Crippen molar-refractivity contribution < 1.29 is 9.46 Å². The van der Waals surface area contributed by atoms with Crippen LogP contribution in [-0.2, 0) is 10.3 Å². The van der Waals surface area contributed by atoms with Crippen LogP contribution in [0.4, 0.5) is 0 Å². The second-order valence-corrected chi connectivity index (χ2v) is 7.03. The van der Waals surface area contributed by atoms with Crippen LogP contribution in [0.3, 0.4) is 0 Å². The van der Waals surface area contributed by atoms with Gasteiger partial charge in [-0.3, -0.25) is 4.57 Å². The summed E-state index contributed by atoms with van der Waals surface area (Å²) in [6.07, 6.45) is 0. The molecule has 0 aliphatic carbocycles. The highest BCUT2D eigenvalue weighted by molar-refractivity contribution is 8.02. The Morgan fingerprint density at radius 3 is 2.42 bits per heavy atom. The van der Waals surface area contributed by atoms with Crippen LogP contribution in [-0.4, -0.2) is 4.89 Å². The molecule has 0 spiro atoms. The fourth-order valence-corrected chi connectivity index (χ4v) is 3.41. The molecule has 0 aromatic heterocycles. The van der Waals surface area contributed by atoms with Crippen LogP contribution in [0.2, 0.25) is 15.1 Å². The third-order valence-corrected chi connectivity index (χ3v) is 5.21. The van der Waals surface area contributed by atoms with Gasteiger partial charge in [0.2, 0.25) is 0 Å². The van der Waals surface area contributed by atoms with E-state index in [1.807, 2.05) is 6.92 Å². The first-order chi connectivity index (χ1) is 8.81. The van der Waals surface area contributed by atoms with Crippen molar-refractivity contribution in [3.63, 3.8) is 0 Å². The van der Waals surface area contributed by atoms with E-state index >= 15 is 0 Å². The van der Waals surface area contributed by atoms with Crippen molar-refractivity contribution in [2.75, 3.05) is 0 Å². The maximum atomic E-state index is 10.7. The van der Waals surface area contributed by atoms with Gasteiger partial charge in [-0.05, 0) is 31.5 Å². The van der Waals surface area contributed by atoms with Crippen LogP contribution in [0, 0.1) is 0 Å². The first-order valence-corrected chi connectivity index (χ1v) is 8.72. The SMILES string of the molecule is C/C(N[PH](=O)O)=C(/C)SCc1cc(Cl)c(Cl)cc1Cl. The summed E-state index contributed by atoms with van der Waals surface area (Å²) < 4.78 is 10.7. The lowest BCUT2D eigenvalue weighted by atomic mass is 10.2. The Bertz CT molecular complexity index is 537. The van der Waals surface area contributed by atoms with Gasteiger partial charge in [0.05, 0.1) is 10.0 Å². The molecule has 0 radical (unpaired) electrons. The lowest BCUT2D eigenvalue weighted by Gasteiger charge is -2.10. The number of halogens is 3. The Balaban J connectivity index is 2.77. The maximum Gasteiger partial charge on any atom is 0.279 e. The zero-order chi connectivity index (χ0) is 14.6. The van der Waals surface area contributed by atoms with Crippen LogP contribution in [0.15, 0.2) is 22.7 Å². The van der Waals surface area contributed by atoms with Gasteiger partial charge in [-0.2, -0.15) is 0 Å². The molecule has 1 rings (SSSR count). The Kier molecular flexibility index (Phi) is 7.09. The molecule has 0 aliphatic rings. The molecule has 0 heterocycles. The molecule has 3 nitrogen and oxygen atoms in total. The lowest BCUT2D eigenvalue weighted by Crippen LogP contribution is -2.00. The molecular formula is C11H13Cl3NO2PS. The molecule has 106 valence electrons. The molecule has 1 unspecified atom stereocenters. The van der Waals surface area contributed by atoms with Crippen LogP contribution in [0.5, 0.6) is 0 Å².